The van der Waals surface area contributed by atoms with Crippen molar-refractivity contribution < 1.29 is 8.42 Å². The third-order valence-electron chi connectivity index (χ3n) is 3.13. The number of anilines is 2. The molecule has 130 valence electrons. The van der Waals surface area contributed by atoms with E-state index < -0.39 is 9.84 Å². The standard InChI is InChI=1S/C15H19ClN4O2S2/c1-3-8-23-15-19-13(16)12(17)14(20-15)18-9-10-4-6-11(7-5-10)24(2,21)22/h4-7H,3,8-9,17H2,1-2H3,(H,18,19,20). The van der Waals surface area contributed by atoms with Gasteiger partial charge in [0.15, 0.2) is 26.0 Å². The Kier molecular flexibility index (Phi) is 6.31. The second-order valence-electron chi connectivity index (χ2n) is 5.18. The normalized spacial score (nSPS) is 11.5. The third-order valence-corrected chi connectivity index (χ3v) is 5.60. The fourth-order valence-electron chi connectivity index (χ4n) is 1.86. The molecule has 1 heterocycles. The number of halogens is 1. The van der Waals surface area contributed by atoms with E-state index in [0.29, 0.717) is 23.2 Å². The largest absolute Gasteiger partial charge is 0.393 e. The second-order valence-corrected chi connectivity index (χ2v) is 8.61. The number of hydrogen-bond acceptors (Lipinski definition) is 7. The van der Waals surface area contributed by atoms with Gasteiger partial charge >= 0.3 is 0 Å². The molecule has 0 radical (unpaired) electrons. The molecule has 0 unspecified atom stereocenters. The van der Waals surface area contributed by atoms with Gasteiger partial charge in [0.25, 0.3) is 0 Å². The fourth-order valence-corrected chi connectivity index (χ4v) is 3.40. The molecule has 0 bridgehead atoms. The molecule has 0 atom stereocenters. The first-order chi connectivity index (χ1) is 11.3. The van der Waals surface area contributed by atoms with E-state index in [1.807, 2.05) is 0 Å². The Hall–Kier alpha value is -1.51. The Morgan fingerprint density at radius 1 is 1.25 bits per heavy atom. The quantitative estimate of drug-likeness (QED) is 0.428. The third kappa shape index (κ3) is 4.99. The minimum Gasteiger partial charge on any atom is -0.393 e. The molecule has 2 rings (SSSR count). The summed E-state index contributed by atoms with van der Waals surface area (Å²) in [5.74, 6) is 1.37. The zero-order valence-corrected chi connectivity index (χ0v) is 15.8. The number of aromatic nitrogens is 2. The van der Waals surface area contributed by atoms with Gasteiger partial charge in [-0.25, -0.2) is 18.4 Å². The van der Waals surface area contributed by atoms with E-state index >= 15 is 0 Å². The van der Waals surface area contributed by atoms with Gasteiger partial charge in [0.05, 0.1) is 4.90 Å². The van der Waals surface area contributed by atoms with E-state index in [1.165, 1.54) is 18.0 Å². The number of thioether (sulfide) groups is 1. The van der Waals surface area contributed by atoms with Crippen molar-refractivity contribution in [3.8, 4) is 0 Å². The van der Waals surface area contributed by atoms with Gasteiger partial charge in [-0.3, -0.25) is 0 Å². The van der Waals surface area contributed by atoms with E-state index in [1.54, 1.807) is 24.3 Å². The van der Waals surface area contributed by atoms with Crippen molar-refractivity contribution in [2.75, 3.05) is 23.1 Å². The summed E-state index contributed by atoms with van der Waals surface area (Å²) in [6.07, 6.45) is 2.19. The van der Waals surface area contributed by atoms with Crippen LogP contribution in [0.15, 0.2) is 34.3 Å². The zero-order chi connectivity index (χ0) is 17.7. The second kappa shape index (κ2) is 8.04. The smallest absolute Gasteiger partial charge is 0.191 e. The van der Waals surface area contributed by atoms with Gasteiger partial charge in [0.2, 0.25) is 0 Å². The predicted octanol–water partition coefficient (Wildman–Crippen LogP) is 3.23. The van der Waals surface area contributed by atoms with Crippen molar-refractivity contribution >= 4 is 44.7 Å². The molecule has 0 aliphatic rings. The maximum absolute atomic E-state index is 11.5. The lowest BCUT2D eigenvalue weighted by atomic mass is 10.2. The van der Waals surface area contributed by atoms with E-state index in [4.69, 9.17) is 17.3 Å². The molecule has 1 aromatic heterocycles. The highest BCUT2D eigenvalue weighted by Crippen LogP contribution is 2.28. The minimum atomic E-state index is -3.19. The molecule has 0 saturated carbocycles. The van der Waals surface area contributed by atoms with Gasteiger partial charge in [0.1, 0.15) is 5.69 Å². The lowest BCUT2D eigenvalue weighted by molar-refractivity contribution is 0.602. The van der Waals surface area contributed by atoms with Crippen LogP contribution in [0.3, 0.4) is 0 Å². The molecule has 0 fully saturated rings. The molecule has 2 aromatic rings. The highest BCUT2D eigenvalue weighted by Gasteiger charge is 2.11. The summed E-state index contributed by atoms with van der Waals surface area (Å²) in [4.78, 5) is 8.81. The number of rotatable bonds is 7. The molecule has 3 N–H and O–H groups in total. The summed E-state index contributed by atoms with van der Waals surface area (Å²) in [5, 5.41) is 3.92. The van der Waals surface area contributed by atoms with Crippen LogP contribution in [0.25, 0.3) is 0 Å². The van der Waals surface area contributed by atoms with Crippen LogP contribution in [0, 0.1) is 0 Å². The van der Waals surface area contributed by atoms with Crippen LogP contribution in [0.4, 0.5) is 11.5 Å². The monoisotopic (exact) mass is 386 g/mol. The van der Waals surface area contributed by atoms with Crippen LogP contribution < -0.4 is 11.1 Å². The van der Waals surface area contributed by atoms with Crippen LogP contribution in [-0.4, -0.2) is 30.4 Å². The molecule has 6 nitrogen and oxygen atoms in total. The molecular formula is C15H19ClN4O2S2. The highest BCUT2D eigenvalue weighted by atomic mass is 35.5. The number of nitrogens with zero attached hydrogens (tertiary/aromatic N) is 2. The Labute approximate surface area is 151 Å². The number of nitrogens with two attached hydrogens (primary N) is 1. The maximum Gasteiger partial charge on any atom is 0.191 e. The average Bonchev–Trinajstić information content (AvgIpc) is 2.54. The highest BCUT2D eigenvalue weighted by molar-refractivity contribution is 7.99. The fraction of sp³-hybridized carbons (Fsp3) is 0.333. The van der Waals surface area contributed by atoms with Crippen molar-refractivity contribution in [2.24, 2.45) is 0 Å². The van der Waals surface area contributed by atoms with E-state index in [2.05, 4.69) is 22.2 Å². The molecule has 24 heavy (non-hydrogen) atoms. The first-order valence-electron chi connectivity index (χ1n) is 7.30. The minimum absolute atomic E-state index is 0.221. The Morgan fingerprint density at radius 3 is 2.50 bits per heavy atom. The molecule has 0 saturated heterocycles. The van der Waals surface area contributed by atoms with Gasteiger partial charge in [-0.05, 0) is 24.1 Å². The Morgan fingerprint density at radius 2 is 1.92 bits per heavy atom. The Bertz CT molecular complexity index is 811. The predicted molar refractivity (Wildman–Crippen MR) is 99.3 cm³/mol. The van der Waals surface area contributed by atoms with Crippen molar-refractivity contribution in [3.63, 3.8) is 0 Å². The lowest BCUT2D eigenvalue weighted by Crippen LogP contribution is -2.07. The number of nitrogen functional groups attached to an aromatic ring is 1. The van der Waals surface area contributed by atoms with Gasteiger partial charge in [-0.15, -0.1) is 0 Å². The number of nitrogens with one attached hydrogen (secondary N) is 1. The Balaban J connectivity index is 2.12. The number of benzene rings is 1. The van der Waals surface area contributed by atoms with E-state index in [0.717, 1.165) is 17.7 Å². The first-order valence-corrected chi connectivity index (χ1v) is 10.6. The summed E-state index contributed by atoms with van der Waals surface area (Å²) in [5.41, 5.74) is 7.12. The SMILES string of the molecule is CCCSc1nc(Cl)c(N)c(NCc2ccc(S(C)(=O)=O)cc2)n1. The summed E-state index contributed by atoms with van der Waals surface area (Å²) in [6, 6.07) is 6.64. The van der Waals surface area contributed by atoms with Gasteiger partial charge < -0.3 is 11.1 Å². The van der Waals surface area contributed by atoms with Gasteiger partial charge in [-0.2, -0.15) is 0 Å². The van der Waals surface area contributed by atoms with Crippen molar-refractivity contribution in [2.45, 2.75) is 29.9 Å². The van der Waals surface area contributed by atoms with E-state index in [9.17, 15) is 8.42 Å². The van der Waals surface area contributed by atoms with Crippen LogP contribution in [0.2, 0.25) is 5.15 Å². The van der Waals surface area contributed by atoms with Crippen LogP contribution in [0.1, 0.15) is 18.9 Å². The maximum atomic E-state index is 11.5. The van der Waals surface area contributed by atoms with Crippen molar-refractivity contribution in [3.05, 3.63) is 35.0 Å². The first kappa shape index (κ1) is 18.8. The van der Waals surface area contributed by atoms with Crippen LogP contribution >= 0.6 is 23.4 Å². The molecule has 9 heteroatoms. The van der Waals surface area contributed by atoms with Gasteiger partial charge in [0, 0.05) is 18.6 Å². The number of hydrogen-bond donors (Lipinski definition) is 2. The molecule has 1 aromatic carbocycles. The zero-order valence-electron chi connectivity index (χ0n) is 13.4. The van der Waals surface area contributed by atoms with Gasteiger partial charge in [-0.1, -0.05) is 42.4 Å². The van der Waals surface area contributed by atoms with Crippen LogP contribution in [0.5, 0.6) is 0 Å². The van der Waals surface area contributed by atoms with Crippen molar-refractivity contribution in [1.29, 1.82) is 0 Å². The summed E-state index contributed by atoms with van der Waals surface area (Å²) in [6.45, 7) is 2.52. The molecular weight excluding hydrogens is 368 g/mol. The summed E-state index contributed by atoms with van der Waals surface area (Å²) in [7, 11) is -3.19. The number of sulfone groups is 1. The van der Waals surface area contributed by atoms with Crippen LogP contribution in [-0.2, 0) is 16.4 Å². The molecule has 0 amide bonds. The lowest BCUT2D eigenvalue weighted by Gasteiger charge is -2.11. The molecule has 0 aliphatic carbocycles. The summed E-state index contributed by atoms with van der Waals surface area (Å²) < 4.78 is 22.9. The molecule has 0 spiro atoms. The summed E-state index contributed by atoms with van der Waals surface area (Å²) >= 11 is 7.57. The average molecular weight is 387 g/mol. The topological polar surface area (TPSA) is 98.0 Å². The van der Waals surface area contributed by atoms with E-state index in [-0.39, 0.29) is 10.0 Å². The molecule has 0 aliphatic heterocycles. The van der Waals surface area contributed by atoms with Crippen molar-refractivity contribution in [1.82, 2.24) is 9.97 Å².